The fourth-order valence-corrected chi connectivity index (χ4v) is 3.96. The van der Waals surface area contributed by atoms with E-state index in [-0.39, 0.29) is 17.9 Å². The van der Waals surface area contributed by atoms with Gasteiger partial charge in [0.05, 0.1) is 11.4 Å². The maximum atomic E-state index is 13.4. The first kappa shape index (κ1) is 22.0. The first-order valence-electron chi connectivity index (χ1n) is 9.82. The molecule has 0 radical (unpaired) electrons. The molecule has 2 aromatic heterocycles. The molecule has 0 spiro atoms. The number of imidazole rings is 1. The van der Waals surface area contributed by atoms with Crippen LogP contribution < -0.4 is 4.74 Å². The summed E-state index contributed by atoms with van der Waals surface area (Å²) in [5.74, 6) is -1.71. The van der Waals surface area contributed by atoms with Crippen LogP contribution in [-0.2, 0) is 16.1 Å². The zero-order valence-electron chi connectivity index (χ0n) is 17.0. The number of ether oxygens (including phenoxy) is 2. The maximum absolute atomic E-state index is 13.4. The molecule has 164 valence electrons. The number of para-hydroxylation sites is 1. The van der Waals surface area contributed by atoms with Crippen LogP contribution in [0.5, 0.6) is 5.75 Å². The lowest BCUT2D eigenvalue weighted by molar-refractivity contribution is -0.146. The van der Waals surface area contributed by atoms with Crippen molar-refractivity contribution in [3.63, 3.8) is 0 Å². The van der Waals surface area contributed by atoms with Crippen LogP contribution in [-0.4, -0.2) is 22.0 Å². The predicted octanol–water partition coefficient (Wildman–Crippen LogP) is 5.88. The first-order chi connectivity index (χ1) is 15.4. The van der Waals surface area contributed by atoms with Gasteiger partial charge >= 0.3 is 12.6 Å². The molecule has 0 saturated carbocycles. The molecule has 0 fully saturated rings. The van der Waals surface area contributed by atoms with Gasteiger partial charge in [-0.3, -0.25) is 4.79 Å². The number of rotatable bonds is 7. The van der Waals surface area contributed by atoms with Gasteiger partial charge in [0.2, 0.25) is 0 Å². The SMILES string of the molecule is Cc1nc2ccc(Br)cn2c1C(C(=O)OCc1ccccc1)c1ccccc1OC(F)F. The second-order valence-electron chi connectivity index (χ2n) is 7.10. The Balaban J connectivity index is 1.82. The van der Waals surface area contributed by atoms with Crippen LogP contribution >= 0.6 is 15.9 Å². The van der Waals surface area contributed by atoms with Crippen LogP contribution in [0.4, 0.5) is 8.78 Å². The van der Waals surface area contributed by atoms with Crippen molar-refractivity contribution in [2.24, 2.45) is 0 Å². The molecule has 4 aromatic rings. The fourth-order valence-electron chi connectivity index (χ4n) is 3.62. The highest BCUT2D eigenvalue weighted by Crippen LogP contribution is 2.36. The van der Waals surface area contributed by atoms with Gasteiger partial charge in [-0.05, 0) is 46.6 Å². The molecule has 4 rings (SSSR count). The number of pyridine rings is 1. The fraction of sp³-hybridized carbons (Fsp3) is 0.167. The summed E-state index contributed by atoms with van der Waals surface area (Å²) in [5, 5.41) is 0. The van der Waals surface area contributed by atoms with Crippen molar-refractivity contribution in [3.8, 4) is 5.75 Å². The van der Waals surface area contributed by atoms with Gasteiger partial charge in [0.15, 0.2) is 0 Å². The molecular formula is C24H19BrF2N2O3. The molecular weight excluding hydrogens is 482 g/mol. The summed E-state index contributed by atoms with van der Waals surface area (Å²) in [6, 6.07) is 19.1. The molecule has 2 aromatic carbocycles. The molecule has 0 saturated heterocycles. The molecule has 2 heterocycles. The van der Waals surface area contributed by atoms with Gasteiger partial charge in [-0.1, -0.05) is 48.5 Å². The average Bonchev–Trinajstić information content (AvgIpc) is 3.09. The van der Waals surface area contributed by atoms with Crippen molar-refractivity contribution >= 4 is 27.5 Å². The molecule has 0 aliphatic heterocycles. The number of nitrogens with zero attached hydrogens (tertiary/aromatic N) is 2. The van der Waals surface area contributed by atoms with E-state index in [1.54, 1.807) is 41.8 Å². The van der Waals surface area contributed by atoms with E-state index in [1.165, 1.54) is 6.07 Å². The topological polar surface area (TPSA) is 52.8 Å². The molecule has 0 bridgehead atoms. The number of carbonyl (C=O) groups is 1. The van der Waals surface area contributed by atoms with Crippen LogP contribution in [0.25, 0.3) is 5.65 Å². The van der Waals surface area contributed by atoms with Gasteiger partial charge in [0.25, 0.3) is 0 Å². The minimum Gasteiger partial charge on any atom is -0.460 e. The van der Waals surface area contributed by atoms with Crippen LogP contribution in [0.2, 0.25) is 0 Å². The van der Waals surface area contributed by atoms with Crippen LogP contribution in [0.3, 0.4) is 0 Å². The monoisotopic (exact) mass is 500 g/mol. The smallest absolute Gasteiger partial charge is 0.387 e. The number of benzene rings is 2. The largest absolute Gasteiger partial charge is 0.460 e. The Bertz CT molecular complexity index is 1240. The highest BCUT2D eigenvalue weighted by Gasteiger charge is 2.32. The van der Waals surface area contributed by atoms with Crippen LogP contribution in [0.1, 0.15) is 28.4 Å². The highest BCUT2D eigenvalue weighted by atomic mass is 79.9. The zero-order valence-corrected chi connectivity index (χ0v) is 18.6. The van der Waals surface area contributed by atoms with Gasteiger partial charge in [-0.15, -0.1) is 0 Å². The number of carbonyl (C=O) groups excluding carboxylic acids is 1. The molecule has 0 amide bonds. The summed E-state index contributed by atoms with van der Waals surface area (Å²) < 4.78 is 39.1. The van der Waals surface area contributed by atoms with Crippen molar-refractivity contribution < 1.29 is 23.0 Å². The van der Waals surface area contributed by atoms with Crippen molar-refractivity contribution in [2.45, 2.75) is 26.1 Å². The standard InChI is InChI=1S/C24H19BrF2N2O3/c1-15-22(29-13-17(25)11-12-20(29)28-15)21(18-9-5-6-10-19(18)32-24(26)27)23(30)31-14-16-7-3-2-4-8-16/h2-13,21,24H,14H2,1H3. The van der Waals surface area contributed by atoms with E-state index < -0.39 is 18.5 Å². The summed E-state index contributed by atoms with van der Waals surface area (Å²) in [6.07, 6.45) is 1.78. The quantitative estimate of drug-likeness (QED) is 0.297. The number of halogens is 3. The Morgan fingerprint density at radius 2 is 1.78 bits per heavy atom. The molecule has 5 nitrogen and oxygen atoms in total. The van der Waals surface area contributed by atoms with Crippen molar-refractivity contribution in [1.29, 1.82) is 0 Å². The van der Waals surface area contributed by atoms with E-state index in [1.807, 2.05) is 36.4 Å². The first-order valence-corrected chi connectivity index (χ1v) is 10.6. The summed E-state index contributed by atoms with van der Waals surface area (Å²) in [6.45, 7) is -1.22. The summed E-state index contributed by atoms with van der Waals surface area (Å²) in [4.78, 5) is 18.0. The second-order valence-corrected chi connectivity index (χ2v) is 8.02. The van der Waals surface area contributed by atoms with Crippen molar-refractivity contribution in [2.75, 3.05) is 0 Å². The number of hydrogen-bond donors (Lipinski definition) is 0. The third kappa shape index (κ3) is 4.65. The molecule has 0 N–H and O–H groups in total. The average molecular weight is 501 g/mol. The van der Waals surface area contributed by atoms with E-state index in [9.17, 15) is 13.6 Å². The number of aromatic nitrogens is 2. The molecule has 32 heavy (non-hydrogen) atoms. The van der Waals surface area contributed by atoms with E-state index in [0.29, 0.717) is 17.0 Å². The van der Waals surface area contributed by atoms with E-state index in [4.69, 9.17) is 9.47 Å². The zero-order chi connectivity index (χ0) is 22.7. The third-order valence-electron chi connectivity index (χ3n) is 4.98. The predicted molar refractivity (Wildman–Crippen MR) is 119 cm³/mol. The lowest BCUT2D eigenvalue weighted by Gasteiger charge is -2.20. The maximum Gasteiger partial charge on any atom is 0.387 e. The number of alkyl halides is 2. The van der Waals surface area contributed by atoms with Gasteiger partial charge in [0, 0.05) is 16.2 Å². The molecule has 0 aliphatic rings. The molecule has 8 heteroatoms. The number of hydrogen-bond acceptors (Lipinski definition) is 4. The van der Waals surface area contributed by atoms with Gasteiger partial charge < -0.3 is 13.9 Å². The van der Waals surface area contributed by atoms with Crippen LogP contribution in [0.15, 0.2) is 77.4 Å². The number of esters is 1. The Kier molecular flexibility index (Phi) is 6.50. The Labute approximate surface area is 191 Å². The minimum atomic E-state index is -3.03. The van der Waals surface area contributed by atoms with E-state index in [2.05, 4.69) is 20.9 Å². The number of aryl methyl sites for hydroxylation is 1. The second kappa shape index (κ2) is 9.48. The lowest BCUT2D eigenvalue weighted by atomic mass is 9.93. The van der Waals surface area contributed by atoms with Gasteiger partial charge in [-0.25, -0.2) is 4.98 Å². The summed E-state index contributed by atoms with van der Waals surface area (Å²) >= 11 is 3.44. The molecule has 1 atom stereocenters. The third-order valence-corrected chi connectivity index (χ3v) is 5.45. The van der Waals surface area contributed by atoms with Gasteiger partial charge in [0.1, 0.15) is 23.9 Å². The molecule has 1 unspecified atom stereocenters. The summed E-state index contributed by atoms with van der Waals surface area (Å²) in [5.41, 5.74) is 2.81. The van der Waals surface area contributed by atoms with Crippen molar-refractivity contribution in [1.82, 2.24) is 9.38 Å². The Morgan fingerprint density at radius 3 is 2.53 bits per heavy atom. The lowest BCUT2D eigenvalue weighted by Crippen LogP contribution is -2.21. The van der Waals surface area contributed by atoms with Crippen LogP contribution in [0, 0.1) is 6.92 Å². The van der Waals surface area contributed by atoms with Crippen molar-refractivity contribution in [3.05, 3.63) is 99.9 Å². The minimum absolute atomic E-state index is 0.0491. The normalized spacial score (nSPS) is 12.2. The highest BCUT2D eigenvalue weighted by molar-refractivity contribution is 9.10. The summed E-state index contributed by atoms with van der Waals surface area (Å²) in [7, 11) is 0. The Hall–Kier alpha value is -3.26. The Morgan fingerprint density at radius 1 is 1.06 bits per heavy atom. The number of fused-ring (bicyclic) bond motifs is 1. The molecule has 0 aliphatic carbocycles. The van der Waals surface area contributed by atoms with E-state index >= 15 is 0 Å². The van der Waals surface area contributed by atoms with E-state index in [0.717, 1.165) is 10.0 Å². The van der Waals surface area contributed by atoms with Gasteiger partial charge in [-0.2, -0.15) is 8.78 Å².